The first-order valence-electron chi connectivity index (χ1n) is 5.84. The van der Waals surface area contributed by atoms with Gasteiger partial charge in [0.25, 0.3) is 0 Å². The minimum absolute atomic E-state index is 0.449. The molecule has 0 spiro atoms. The molecule has 1 saturated carbocycles. The van der Waals surface area contributed by atoms with Crippen molar-refractivity contribution in [1.82, 2.24) is 5.32 Å². The summed E-state index contributed by atoms with van der Waals surface area (Å²) < 4.78 is 5.98. The molecule has 15 heavy (non-hydrogen) atoms. The van der Waals surface area contributed by atoms with Crippen molar-refractivity contribution in [3.63, 3.8) is 0 Å². The van der Waals surface area contributed by atoms with Gasteiger partial charge in [-0.05, 0) is 49.9 Å². The summed E-state index contributed by atoms with van der Waals surface area (Å²) in [6, 6.07) is 10.2. The molecule has 80 valence electrons. The Morgan fingerprint density at radius 3 is 2.33 bits per heavy atom. The van der Waals surface area contributed by atoms with Gasteiger partial charge >= 0.3 is 0 Å². The van der Waals surface area contributed by atoms with Crippen LogP contribution in [0, 0.1) is 11.8 Å². The number of hydrogen-bond acceptors (Lipinski definition) is 2. The molecular formula is C13H17NO. The number of para-hydroxylation sites is 1. The van der Waals surface area contributed by atoms with Crippen LogP contribution in [0.4, 0.5) is 0 Å². The topological polar surface area (TPSA) is 21.3 Å². The summed E-state index contributed by atoms with van der Waals surface area (Å²) in [7, 11) is 0. The molecule has 2 nitrogen and oxygen atoms in total. The van der Waals surface area contributed by atoms with Crippen LogP contribution in [-0.2, 0) is 0 Å². The molecule has 0 radical (unpaired) electrons. The monoisotopic (exact) mass is 203 g/mol. The van der Waals surface area contributed by atoms with Crippen molar-refractivity contribution in [2.45, 2.75) is 18.9 Å². The van der Waals surface area contributed by atoms with Gasteiger partial charge < -0.3 is 10.1 Å². The first kappa shape index (κ1) is 9.22. The fourth-order valence-electron chi connectivity index (χ4n) is 2.90. The molecule has 1 unspecified atom stereocenters. The summed E-state index contributed by atoms with van der Waals surface area (Å²) in [5.41, 5.74) is 0. The van der Waals surface area contributed by atoms with E-state index < -0.39 is 0 Å². The smallest absolute Gasteiger partial charge is 0.119 e. The molecule has 1 N–H and O–H groups in total. The van der Waals surface area contributed by atoms with Gasteiger partial charge in [-0.3, -0.25) is 0 Å². The Morgan fingerprint density at radius 1 is 1.00 bits per heavy atom. The highest BCUT2D eigenvalue weighted by atomic mass is 16.5. The summed E-state index contributed by atoms with van der Waals surface area (Å²) in [5.74, 6) is 2.74. The van der Waals surface area contributed by atoms with E-state index in [-0.39, 0.29) is 0 Å². The molecule has 1 heterocycles. The van der Waals surface area contributed by atoms with Crippen LogP contribution in [0.5, 0.6) is 5.75 Å². The summed E-state index contributed by atoms with van der Waals surface area (Å²) in [4.78, 5) is 0. The summed E-state index contributed by atoms with van der Waals surface area (Å²) >= 11 is 0. The van der Waals surface area contributed by atoms with Gasteiger partial charge in [0.15, 0.2) is 0 Å². The largest absolute Gasteiger partial charge is 0.490 e. The SMILES string of the molecule is c1ccc(OC2C[C@H]3CNC[C@H]3C2)cc1. The van der Waals surface area contributed by atoms with Crippen LogP contribution in [0.3, 0.4) is 0 Å². The van der Waals surface area contributed by atoms with Crippen LogP contribution in [0.2, 0.25) is 0 Å². The molecule has 2 aliphatic rings. The van der Waals surface area contributed by atoms with Crippen LogP contribution in [0.15, 0.2) is 30.3 Å². The van der Waals surface area contributed by atoms with E-state index in [4.69, 9.17) is 4.74 Å². The standard InChI is InChI=1S/C13H17NO/c1-2-4-12(5-3-1)15-13-6-10-8-14-9-11(10)7-13/h1-5,10-11,13-14H,6-9H2/t10-,11+,13?. The third kappa shape index (κ3) is 1.86. The van der Waals surface area contributed by atoms with Crippen molar-refractivity contribution in [2.24, 2.45) is 11.8 Å². The summed E-state index contributed by atoms with van der Waals surface area (Å²) in [5, 5.41) is 3.45. The predicted octanol–water partition coefficient (Wildman–Crippen LogP) is 2.06. The van der Waals surface area contributed by atoms with Crippen molar-refractivity contribution < 1.29 is 4.74 Å². The van der Waals surface area contributed by atoms with Crippen molar-refractivity contribution in [1.29, 1.82) is 0 Å². The van der Waals surface area contributed by atoms with Crippen LogP contribution >= 0.6 is 0 Å². The Labute approximate surface area is 90.6 Å². The number of nitrogens with one attached hydrogen (secondary N) is 1. The Bertz CT molecular complexity index is 313. The van der Waals surface area contributed by atoms with Gasteiger partial charge in [-0.2, -0.15) is 0 Å². The molecular weight excluding hydrogens is 186 g/mol. The van der Waals surface area contributed by atoms with Crippen LogP contribution in [0.25, 0.3) is 0 Å². The molecule has 1 aliphatic carbocycles. The van der Waals surface area contributed by atoms with Crippen molar-refractivity contribution in [3.05, 3.63) is 30.3 Å². The molecule has 1 saturated heterocycles. The fourth-order valence-corrected chi connectivity index (χ4v) is 2.90. The van der Waals surface area contributed by atoms with E-state index in [9.17, 15) is 0 Å². The number of ether oxygens (including phenoxy) is 1. The zero-order valence-electron chi connectivity index (χ0n) is 8.86. The van der Waals surface area contributed by atoms with Crippen molar-refractivity contribution in [2.75, 3.05) is 13.1 Å². The van der Waals surface area contributed by atoms with Gasteiger partial charge in [0.2, 0.25) is 0 Å². The average Bonchev–Trinajstić information content (AvgIpc) is 2.79. The zero-order valence-corrected chi connectivity index (χ0v) is 8.86. The lowest BCUT2D eigenvalue weighted by Crippen LogP contribution is -2.18. The Hall–Kier alpha value is -1.02. The lowest BCUT2D eigenvalue weighted by molar-refractivity contribution is 0.199. The Kier molecular flexibility index (Phi) is 2.37. The number of fused-ring (bicyclic) bond motifs is 1. The fraction of sp³-hybridized carbons (Fsp3) is 0.538. The molecule has 3 rings (SSSR count). The number of rotatable bonds is 2. The van der Waals surface area contributed by atoms with Gasteiger partial charge in [-0.1, -0.05) is 18.2 Å². The minimum Gasteiger partial charge on any atom is -0.490 e. The van der Waals surface area contributed by atoms with Gasteiger partial charge in [-0.15, -0.1) is 0 Å². The van der Waals surface area contributed by atoms with Crippen LogP contribution in [-0.4, -0.2) is 19.2 Å². The van der Waals surface area contributed by atoms with E-state index in [1.54, 1.807) is 0 Å². The zero-order chi connectivity index (χ0) is 10.1. The minimum atomic E-state index is 0.449. The van der Waals surface area contributed by atoms with E-state index in [1.165, 1.54) is 25.9 Å². The van der Waals surface area contributed by atoms with Crippen LogP contribution < -0.4 is 10.1 Å². The molecule has 0 amide bonds. The quantitative estimate of drug-likeness (QED) is 0.794. The second kappa shape index (κ2) is 3.86. The summed E-state index contributed by atoms with van der Waals surface area (Å²) in [6.07, 6.45) is 2.91. The van der Waals surface area contributed by atoms with E-state index >= 15 is 0 Å². The van der Waals surface area contributed by atoms with E-state index in [0.717, 1.165) is 17.6 Å². The lowest BCUT2D eigenvalue weighted by atomic mass is 10.0. The lowest BCUT2D eigenvalue weighted by Gasteiger charge is -2.14. The first-order valence-corrected chi connectivity index (χ1v) is 5.84. The van der Waals surface area contributed by atoms with Crippen molar-refractivity contribution in [3.8, 4) is 5.75 Å². The highest BCUT2D eigenvalue weighted by Crippen LogP contribution is 2.36. The maximum absolute atomic E-state index is 5.98. The number of hydrogen-bond donors (Lipinski definition) is 1. The third-order valence-electron chi connectivity index (χ3n) is 3.66. The summed E-state index contributed by atoms with van der Waals surface area (Å²) in [6.45, 7) is 2.39. The van der Waals surface area contributed by atoms with Gasteiger partial charge in [-0.25, -0.2) is 0 Å². The molecule has 2 heteroatoms. The number of benzene rings is 1. The molecule has 1 aliphatic heterocycles. The first-order chi connectivity index (χ1) is 7.42. The highest BCUT2D eigenvalue weighted by Gasteiger charge is 2.38. The molecule has 1 aromatic carbocycles. The molecule has 0 aromatic heterocycles. The Balaban J connectivity index is 1.62. The predicted molar refractivity (Wildman–Crippen MR) is 59.9 cm³/mol. The highest BCUT2D eigenvalue weighted by molar-refractivity contribution is 5.21. The molecule has 0 bridgehead atoms. The van der Waals surface area contributed by atoms with E-state index in [2.05, 4.69) is 5.32 Å². The average molecular weight is 203 g/mol. The molecule has 3 atom stereocenters. The normalized spacial score (nSPS) is 34.0. The van der Waals surface area contributed by atoms with Crippen molar-refractivity contribution >= 4 is 0 Å². The van der Waals surface area contributed by atoms with Crippen LogP contribution in [0.1, 0.15) is 12.8 Å². The van der Waals surface area contributed by atoms with E-state index in [0.29, 0.717) is 6.10 Å². The van der Waals surface area contributed by atoms with Gasteiger partial charge in [0.1, 0.15) is 5.75 Å². The van der Waals surface area contributed by atoms with Gasteiger partial charge in [0, 0.05) is 0 Å². The second-order valence-corrected chi connectivity index (χ2v) is 4.70. The molecule has 2 fully saturated rings. The maximum Gasteiger partial charge on any atom is 0.119 e. The second-order valence-electron chi connectivity index (χ2n) is 4.70. The molecule has 1 aromatic rings. The van der Waals surface area contributed by atoms with E-state index in [1.807, 2.05) is 30.3 Å². The maximum atomic E-state index is 5.98. The Morgan fingerprint density at radius 2 is 1.67 bits per heavy atom. The third-order valence-corrected chi connectivity index (χ3v) is 3.66. The van der Waals surface area contributed by atoms with Gasteiger partial charge in [0.05, 0.1) is 6.10 Å².